The number of hydrogen-bond donors (Lipinski definition) is 0. The molecule has 0 spiro atoms. The monoisotopic (exact) mass is 241 g/mol. The van der Waals surface area contributed by atoms with Gasteiger partial charge in [-0.05, 0) is 0 Å². The molecule has 0 atom stereocenters. The van der Waals surface area contributed by atoms with Crippen molar-refractivity contribution in [3.8, 4) is 0 Å². The Balaban J connectivity index is 3.60. The van der Waals surface area contributed by atoms with Gasteiger partial charge in [-0.25, -0.2) is 0 Å². The third kappa shape index (κ3) is 1.22. The molecular weight excluding hydrogens is 240 g/mol. The van der Waals surface area contributed by atoms with E-state index in [0.29, 0.717) is 0 Å². The zero-order valence-electron chi connectivity index (χ0n) is 5.39. The van der Waals surface area contributed by atoms with Crippen LogP contribution in [-0.2, 0) is 0 Å². The SMILES string of the molecule is Fc1c(F)c(F)[c]([Ge])c(F)c1F. The van der Waals surface area contributed by atoms with Crippen molar-refractivity contribution in [2.75, 3.05) is 0 Å². The fourth-order valence-corrected chi connectivity index (χ4v) is 1.07. The summed E-state index contributed by atoms with van der Waals surface area (Å²) in [7, 11) is 0. The van der Waals surface area contributed by atoms with Gasteiger partial charge in [-0.1, -0.05) is 0 Å². The quantitative estimate of drug-likeness (QED) is 0.276. The van der Waals surface area contributed by atoms with E-state index < -0.39 is 33.5 Å². The van der Waals surface area contributed by atoms with Crippen LogP contribution in [-0.4, -0.2) is 16.5 Å². The fourth-order valence-electron chi connectivity index (χ4n) is 0.605. The Hall–Kier alpha value is -0.587. The number of hydrogen-bond acceptors (Lipinski definition) is 0. The zero-order valence-corrected chi connectivity index (χ0v) is 7.49. The molecule has 63 valence electrons. The first kappa shape index (κ1) is 9.50. The minimum absolute atomic E-state index is 0.816. The number of benzene rings is 1. The van der Waals surface area contributed by atoms with Crippen molar-refractivity contribution < 1.29 is 22.0 Å². The predicted molar refractivity (Wildman–Crippen MR) is 31.6 cm³/mol. The van der Waals surface area contributed by atoms with Gasteiger partial charge in [-0.2, -0.15) is 0 Å². The molecule has 0 aliphatic heterocycles. The minimum atomic E-state index is -2.13. The van der Waals surface area contributed by atoms with Crippen molar-refractivity contribution >= 4 is 20.9 Å². The normalized spacial score (nSPS) is 10.5. The molecule has 0 aliphatic rings. The van der Waals surface area contributed by atoms with Crippen molar-refractivity contribution in [2.45, 2.75) is 0 Å². The molecule has 0 fully saturated rings. The summed E-state index contributed by atoms with van der Waals surface area (Å²) in [6.45, 7) is 0. The van der Waals surface area contributed by atoms with Gasteiger partial charge in [-0.15, -0.1) is 0 Å². The van der Waals surface area contributed by atoms with Gasteiger partial charge in [0.1, 0.15) is 0 Å². The van der Waals surface area contributed by atoms with Gasteiger partial charge in [-0.3, -0.25) is 0 Å². The Morgan fingerprint density at radius 3 is 1.17 bits per heavy atom. The van der Waals surface area contributed by atoms with Gasteiger partial charge < -0.3 is 0 Å². The van der Waals surface area contributed by atoms with Crippen LogP contribution in [0.5, 0.6) is 0 Å². The molecule has 0 amide bonds. The van der Waals surface area contributed by atoms with Crippen molar-refractivity contribution in [2.24, 2.45) is 0 Å². The summed E-state index contributed by atoms with van der Waals surface area (Å²) in [5, 5.41) is 0. The van der Waals surface area contributed by atoms with E-state index in [9.17, 15) is 22.0 Å². The Labute approximate surface area is 72.6 Å². The topological polar surface area (TPSA) is 0 Å². The molecule has 1 aromatic rings. The standard InChI is InChI=1S/C6F5Ge/c7-1-2(8)4(10)6(12)5(11)3(1)9. The van der Waals surface area contributed by atoms with Gasteiger partial charge >= 0.3 is 71.9 Å². The average molecular weight is 240 g/mol. The summed E-state index contributed by atoms with van der Waals surface area (Å²) in [4.78, 5) is 0. The Morgan fingerprint density at radius 2 is 0.833 bits per heavy atom. The van der Waals surface area contributed by atoms with Crippen molar-refractivity contribution in [1.82, 2.24) is 0 Å². The summed E-state index contributed by atoms with van der Waals surface area (Å²) in [6, 6.07) is 0. The van der Waals surface area contributed by atoms with Gasteiger partial charge in [0.25, 0.3) is 0 Å². The van der Waals surface area contributed by atoms with E-state index in [2.05, 4.69) is 0 Å². The maximum absolute atomic E-state index is 12.4. The molecule has 0 nitrogen and oxygen atoms in total. The summed E-state index contributed by atoms with van der Waals surface area (Å²) in [5.41, 5.74) is 0. The molecule has 0 saturated carbocycles. The van der Waals surface area contributed by atoms with Crippen molar-refractivity contribution in [1.29, 1.82) is 0 Å². The zero-order chi connectivity index (χ0) is 9.46. The summed E-state index contributed by atoms with van der Waals surface area (Å²) in [5.74, 6) is -9.52. The molecule has 0 saturated heterocycles. The number of halogens is 5. The van der Waals surface area contributed by atoms with Crippen molar-refractivity contribution in [3.63, 3.8) is 0 Å². The molecule has 0 aromatic heterocycles. The van der Waals surface area contributed by atoms with E-state index in [4.69, 9.17) is 0 Å². The number of rotatable bonds is 0. The van der Waals surface area contributed by atoms with Crippen LogP contribution < -0.4 is 4.40 Å². The van der Waals surface area contributed by atoms with Crippen LogP contribution in [0.3, 0.4) is 0 Å². The third-order valence-corrected chi connectivity index (χ3v) is 2.13. The van der Waals surface area contributed by atoms with Crippen LogP contribution in [0.15, 0.2) is 0 Å². The molecule has 12 heavy (non-hydrogen) atoms. The molecule has 0 N–H and O–H groups in total. The molecule has 1 aromatic carbocycles. The van der Waals surface area contributed by atoms with Crippen LogP contribution >= 0.6 is 0 Å². The molecular formula is C6F5Ge. The molecule has 3 radical (unpaired) electrons. The summed E-state index contributed by atoms with van der Waals surface area (Å²) >= 11 is 0.816. The van der Waals surface area contributed by atoms with E-state index in [1.165, 1.54) is 0 Å². The summed E-state index contributed by atoms with van der Waals surface area (Å²) < 4.78 is 60.7. The Morgan fingerprint density at radius 1 is 0.583 bits per heavy atom. The predicted octanol–water partition coefficient (Wildman–Crippen LogP) is 1.18. The van der Waals surface area contributed by atoms with E-state index in [0.717, 1.165) is 16.5 Å². The van der Waals surface area contributed by atoms with E-state index >= 15 is 0 Å². The van der Waals surface area contributed by atoms with Gasteiger partial charge in [0, 0.05) is 0 Å². The maximum atomic E-state index is 12.4. The Bertz CT molecular complexity index is 230. The first-order valence-electron chi connectivity index (χ1n) is 2.69. The average Bonchev–Trinajstić information content (AvgIpc) is 2.08. The fraction of sp³-hybridized carbons (Fsp3) is 0. The third-order valence-electron chi connectivity index (χ3n) is 1.21. The first-order chi connectivity index (χ1) is 5.46. The van der Waals surface area contributed by atoms with Crippen LogP contribution in [0.1, 0.15) is 0 Å². The van der Waals surface area contributed by atoms with Crippen LogP contribution in [0.2, 0.25) is 0 Å². The van der Waals surface area contributed by atoms with Gasteiger partial charge in [0.2, 0.25) is 0 Å². The molecule has 0 heterocycles. The first-order valence-corrected chi connectivity index (χ1v) is 3.74. The second-order valence-corrected chi connectivity index (χ2v) is 2.99. The van der Waals surface area contributed by atoms with E-state index in [1.807, 2.05) is 0 Å². The molecule has 0 bridgehead atoms. The molecule has 0 unspecified atom stereocenters. The summed E-state index contributed by atoms with van der Waals surface area (Å²) in [6.07, 6.45) is 0. The van der Waals surface area contributed by atoms with Gasteiger partial charge in [0.15, 0.2) is 0 Å². The van der Waals surface area contributed by atoms with Crippen LogP contribution in [0, 0.1) is 29.1 Å². The second kappa shape index (κ2) is 3.04. The van der Waals surface area contributed by atoms with E-state index in [-0.39, 0.29) is 0 Å². The Kier molecular flexibility index (Phi) is 2.41. The molecule has 0 aliphatic carbocycles. The van der Waals surface area contributed by atoms with Crippen molar-refractivity contribution in [3.05, 3.63) is 29.1 Å². The van der Waals surface area contributed by atoms with Crippen LogP contribution in [0.25, 0.3) is 0 Å². The molecule has 6 heteroatoms. The van der Waals surface area contributed by atoms with Crippen LogP contribution in [0.4, 0.5) is 22.0 Å². The second-order valence-electron chi connectivity index (χ2n) is 1.94. The molecule has 1 rings (SSSR count). The van der Waals surface area contributed by atoms with E-state index in [1.54, 1.807) is 0 Å². The van der Waals surface area contributed by atoms with Gasteiger partial charge in [0.05, 0.1) is 0 Å².